The van der Waals surface area contributed by atoms with Crippen molar-refractivity contribution in [1.29, 1.82) is 0 Å². The van der Waals surface area contributed by atoms with Crippen molar-refractivity contribution in [2.75, 3.05) is 26.0 Å². The minimum atomic E-state index is -5.09. The molecule has 5 N–H and O–H groups in total. The van der Waals surface area contributed by atoms with Crippen LogP contribution in [0.3, 0.4) is 0 Å². The number of aliphatic hydroxyl groups excluding tert-OH is 2. The van der Waals surface area contributed by atoms with Crippen LogP contribution >= 0.6 is 0 Å². The van der Waals surface area contributed by atoms with E-state index in [1.54, 1.807) is 26.1 Å². The van der Waals surface area contributed by atoms with E-state index < -0.39 is 71.5 Å². The van der Waals surface area contributed by atoms with E-state index in [9.17, 15) is 43.1 Å². The minimum Gasteiger partial charge on any atom is -0.495 e. The Bertz CT molecular complexity index is 1510. The number of hydrogen-bond acceptors (Lipinski definition) is 11. The highest BCUT2D eigenvalue weighted by molar-refractivity contribution is 5.81. The molecule has 240 valence electrons. The molecular formula is C27H32F3N5O9. The predicted octanol–water partition coefficient (Wildman–Crippen LogP) is 1.72. The molecule has 0 spiro atoms. The molecular weight excluding hydrogens is 595 g/mol. The van der Waals surface area contributed by atoms with Crippen LogP contribution in [0.2, 0.25) is 0 Å². The maximum atomic E-state index is 12.5. The quantitative estimate of drug-likeness (QED) is 0.179. The highest BCUT2D eigenvalue weighted by Crippen LogP contribution is 2.43. The minimum absolute atomic E-state index is 0.0115. The molecule has 1 aliphatic rings. The van der Waals surface area contributed by atoms with E-state index in [0.29, 0.717) is 0 Å². The SMILES string of the molecule is COc1cc([C@@H](OCc2cn([C@H]3C[C@@H](O)[C@@H](CO)O3)c(=O)nc2N)C(C)(C)C)c([N+](=O)[O-])cc1C#CCNC(=O)C(F)(F)F. The number of carbonyl (C=O) groups excluding carboxylic acids is 1. The number of methoxy groups -OCH3 is 1. The Balaban J connectivity index is 1.95. The number of nitrogens with one attached hydrogen (secondary N) is 1. The third-order valence-corrected chi connectivity index (χ3v) is 6.59. The zero-order chi connectivity index (χ0) is 33.0. The molecule has 0 radical (unpaired) electrons. The number of rotatable bonds is 9. The molecule has 1 aromatic heterocycles. The molecule has 1 aromatic carbocycles. The number of nitrogen functional groups attached to an aromatic ring is 1. The molecule has 1 aliphatic heterocycles. The van der Waals surface area contributed by atoms with Gasteiger partial charge in [0.1, 0.15) is 23.9 Å². The zero-order valence-electron chi connectivity index (χ0n) is 24.2. The largest absolute Gasteiger partial charge is 0.495 e. The fourth-order valence-electron chi connectivity index (χ4n) is 4.45. The summed E-state index contributed by atoms with van der Waals surface area (Å²) in [5.41, 5.74) is 4.34. The third kappa shape index (κ3) is 8.02. The summed E-state index contributed by atoms with van der Waals surface area (Å²) in [6.45, 7) is 3.88. The van der Waals surface area contributed by atoms with Gasteiger partial charge in [0.15, 0.2) is 0 Å². The summed E-state index contributed by atoms with van der Waals surface area (Å²) in [4.78, 5) is 38.8. The van der Waals surface area contributed by atoms with Crippen LogP contribution in [-0.2, 0) is 20.9 Å². The number of anilines is 1. The van der Waals surface area contributed by atoms with Crippen molar-refractivity contribution >= 4 is 17.4 Å². The van der Waals surface area contributed by atoms with Gasteiger partial charge < -0.3 is 35.5 Å². The third-order valence-electron chi connectivity index (χ3n) is 6.59. The summed E-state index contributed by atoms with van der Waals surface area (Å²) in [7, 11) is 1.27. The summed E-state index contributed by atoms with van der Waals surface area (Å²) >= 11 is 0. The number of benzene rings is 1. The Kier molecular flexibility index (Phi) is 10.6. The Morgan fingerprint density at radius 1 is 1.36 bits per heavy atom. The van der Waals surface area contributed by atoms with Gasteiger partial charge in [-0.25, -0.2) is 4.79 Å². The molecule has 1 fully saturated rings. The number of nitrogens with two attached hydrogens (primary N) is 1. The molecule has 0 unspecified atom stereocenters. The van der Waals surface area contributed by atoms with E-state index in [1.807, 2.05) is 0 Å². The van der Waals surface area contributed by atoms with Crippen molar-refractivity contribution < 1.29 is 47.3 Å². The second-order valence-electron chi connectivity index (χ2n) is 10.9. The van der Waals surface area contributed by atoms with Crippen molar-refractivity contribution in [2.24, 2.45) is 5.41 Å². The molecule has 0 bridgehead atoms. The van der Waals surface area contributed by atoms with Crippen LogP contribution in [0.5, 0.6) is 5.75 Å². The normalized spacial score (nSPS) is 19.2. The van der Waals surface area contributed by atoms with Crippen LogP contribution in [0.15, 0.2) is 23.1 Å². The Morgan fingerprint density at radius 2 is 2.05 bits per heavy atom. The van der Waals surface area contributed by atoms with Crippen LogP contribution in [0.1, 0.15) is 56.2 Å². The molecule has 2 aromatic rings. The number of aliphatic hydroxyl groups is 2. The van der Waals surface area contributed by atoms with E-state index in [0.717, 1.165) is 10.6 Å². The number of ether oxygens (including phenoxy) is 3. The lowest BCUT2D eigenvalue weighted by Crippen LogP contribution is -2.36. The molecule has 44 heavy (non-hydrogen) atoms. The number of alkyl halides is 3. The van der Waals surface area contributed by atoms with Crippen LogP contribution in [-0.4, -0.2) is 69.2 Å². The first-order valence-electron chi connectivity index (χ1n) is 13.1. The number of halogens is 3. The van der Waals surface area contributed by atoms with Gasteiger partial charge in [-0.1, -0.05) is 32.6 Å². The fourth-order valence-corrected chi connectivity index (χ4v) is 4.45. The summed E-state index contributed by atoms with van der Waals surface area (Å²) in [5, 5.41) is 33.2. The van der Waals surface area contributed by atoms with Gasteiger partial charge in [0.2, 0.25) is 0 Å². The van der Waals surface area contributed by atoms with Gasteiger partial charge in [-0.3, -0.25) is 19.5 Å². The number of nitrogens with zero attached hydrogens (tertiary/aromatic N) is 3. The first-order valence-corrected chi connectivity index (χ1v) is 13.1. The van der Waals surface area contributed by atoms with Gasteiger partial charge in [-0.2, -0.15) is 18.2 Å². The van der Waals surface area contributed by atoms with E-state index in [-0.39, 0.29) is 41.3 Å². The standard InChI is InChI=1S/C27H32F3N5O9/c1-26(2,3)22(43-13-15-11-34(25(39)33-23(15)31)21-10-18(37)20(12-36)44-21)16-9-19(42-4)14(8-17(16)35(40)41)6-5-7-32-24(38)27(28,29)30/h8-9,11,18,20-22,36-37H,7,10,12-13H2,1-4H3,(H,32,38)(H2,31,33,39)/t18-,20-,21-,22-/m1/s1. The van der Waals surface area contributed by atoms with Gasteiger partial charge in [0, 0.05) is 24.2 Å². The van der Waals surface area contributed by atoms with E-state index in [2.05, 4.69) is 16.8 Å². The molecule has 14 nitrogen and oxygen atoms in total. The molecule has 4 atom stereocenters. The predicted molar refractivity (Wildman–Crippen MR) is 147 cm³/mol. The van der Waals surface area contributed by atoms with Crippen molar-refractivity contribution in [2.45, 2.75) is 64.5 Å². The second-order valence-corrected chi connectivity index (χ2v) is 10.9. The van der Waals surface area contributed by atoms with Gasteiger partial charge in [-0.05, 0) is 11.5 Å². The first kappa shape index (κ1) is 34.3. The van der Waals surface area contributed by atoms with Crippen molar-refractivity contribution in [3.63, 3.8) is 0 Å². The topological polar surface area (TPSA) is 201 Å². The van der Waals surface area contributed by atoms with E-state index in [1.165, 1.54) is 19.4 Å². The molecule has 3 rings (SSSR count). The molecule has 2 heterocycles. The lowest BCUT2D eigenvalue weighted by atomic mass is 9.83. The number of nitro groups is 1. The summed E-state index contributed by atoms with van der Waals surface area (Å²) < 4.78 is 55.4. The van der Waals surface area contributed by atoms with Gasteiger partial charge in [0.05, 0.1) is 55.1 Å². The van der Waals surface area contributed by atoms with Crippen molar-refractivity contribution in [3.8, 4) is 17.6 Å². The molecule has 1 amide bonds. The van der Waals surface area contributed by atoms with Crippen LogP contribution in [0, 0.1) is 27.4 Å². The average Bonchev–Trinajstić information content (AvgIpc) is 3.30. The molecule has 1 saturated heterocycles. The number of nitro benzene ring substituents is 1. The van der Waals surface area contributed by atoms with Gasteiger partial charge in [0.25, 0.3) is 5.69 Å². The lowest BCUT2D eigenvalue weighted by Gasteiger charge is -2.31. The summed E-state index contributed by atoms with van der Waals surface area (Å²) in [6, 6.07) is 2.42. The molecule has 0 aliphatic carbocycles. The molecule has 0 saturated carbocycles. The first-order chi connectivity index (χ1) is 20.5. The van der Waals surface area contributed by atoms with E-state index >= 15 is 0 Å². The van der Waals surface area contributed by atoms with Crippen molar-refractivity contribution in [3.05, 3.63) is 55.6 Å². The van der Waals surface area contributed by atoms with Gasteiger partial charge in [-0.15, -0.1) is 0 Å². The van der Waals surface area contributed by atoms with Gasteiger partial charge >= 0.3 is 17.8 Å². The second kappa shape index (κ2) is 13.6. The van der Waals surface area contributed by atoms with Crippen LogP contribution in [0.25, 0.3) is 0 Å². The Hall–Kier alpha value is -4.24. The van der Waals surface area contributed by atoms with Crippen LogP contribution in [0.4, 0.5) is 24.7 Å². The number of aromatic nitrogens is 2. The Morgan fingerprint density at radius 3 is 2.59 bits per heavy atom. The Labute approximate surface area is 249 Å². The average molecular weight is 628 g/mol. The number of amides is 1. The fraction of sp³-hybridized carbons (Fsp3) is 0.519. The zero-order valence-corrected chi connectivity index (χ0v) is 24.2. The highest BCUT2D eigenvalue weighted by atomic mass is 19.4. The number of carbonyl (C=O) groups is 1. The molecule has 17 heteroatoms. The smallest absolute Gasteiger partial charge is 0.471 e. The van der Waals surface area contributed by atoms with E-state index in [4.69, 9.17) is 19.9 Å². The maximum Gasteiger partial charge on any atom is 0.471 e. The summed E-state index contributed by atoms with van der Waals surface area (Å²) in [6.07, 6.45) is -7.55. The maximum absolute atomic E-state index is 12.5. The van der Waals surface area contributed by atoms with Crippen LogP contribution < -0.4 is 21.5 Å². The lowest BCUT2D eigenvalue weighted by molar-refractivity contribution is -0.386. The highest BCUT2D eigenvalue weighted by Gasteiger charge is 2.38. The number of hydrogen-bond donors (Lipinski definition) is 4. The summed E-state index contributed by atoms with van der Waals surface area (Å²) in [5.74, 6) is 2.51. The van der Waals surface area contributed by atoms with Crippen molar-refractivity contribution in [1.82, 2.24) is 14.9 Å². The monoisotopic (exact) mass is 627 g/mol.